The summed E-state index contributed by atoms with van der Waals surface area (Å²) in [6.45, 7) is 1.72. The fraction of sp³-hybridized carbons (Fsp3) is 0.579. The molecule has 0 saturated carbocycles. The summed E-state index contributed by atoms with van der Waals surface area (Å²) in [7, 11) is 4.69. The predicted octanol–water partition coefficient (Wildman–Crippen LogP) is 0.693. The van der Waals surface area contributed by atoms with Gasteiger partial charge in [-0.25, -0.2) is 0 Å². The molecule has 25 heavy (non-hydrogen) atoms. The molecule has 0 aliphatic carbocycles. The lowest BCUT2D eigenvalue weighted by Crippen LogP contribution is -3.00. The molecule has 3 nitrogen and oxygen atoms in total. The van der Waals surface area contributed by atoms with Gasteiger partial charge in [0, 0.05) is 22.6 Å². The smallest absolute Gasteiger partial charge is 0.133 e. The molecule has 0 aromatic carbocycles. The van der Waals surface area contributed by atoms with Crippen LogP contribution in [0.1, 0.15) is 29.0 Å². The van der Waals surface area contributed by atoms with Crippen molar-refractivity contribution in [3.63, 3.8) is 0 Å². The van der Waals surface area contributed by atoms with Crippen molar-refractivity contribution in [3.05, 3.63) is 44.8 Å². The molecule has 0 radical (unpaired) electrons. The van der Waals surface area contributed by atoms with Crippen LogP contribution in [0.2, 0.25) is 0 Å². The average molecular weight is 491 g/mol. The zero-order valence-electron chi connectivity index (χ0n) is 14.7. The summed E-state index contributed by atoms with van der Waals surface area (Å²) < 4.78 is 6.90. The fourth-order valence-electron chi connectivity index (χ4n) is 4.50. The average Bonchev–Trinajstić information content (AvgIpc) is 3.22. The zero-order valence-corrected chi connectivity index (χ0v) is 18.5. The molecular formula is C19H26INO2S2. The molecule has 2 aromatic heterocycles. The third-order valence-electron chi connectivity index (χ3n) is 6.16. The Balaban J connectivity index is 0.00000182. The van der Waals surface area contributed by atoms with E-state index in [0.717, 1.165) is 46.7 Å². The van der Waals surface area contributed by atoms with Gasteiger partial charge in [0.05, 0.1) is 27.3 Å². The van der Waals surface area contributed by atoms with Crippen LogP contribution in [0.15, 0.2) is 35.0 Å². The number of ether oxygens (including phenoxy) is 1. The molecule has 6 heteroatoms. The Labute approximate surface area is 175 Å². The van der Waals surface area contributed by atoms with Crippen molar-refractivity contribution in [1.29, 1.82) is 0 Å². The van der Waals surface area contributed by atoms with Crippen LogP contribution in [0, 0.1) is 5.92 Å². The Kier molecular flexibility index (Phi) is 5.98. The van der Waals surface area contributed by atoms with Crippen molar-refractivity contribution in [2.75, 3.05) is 27.3 Å². The molecule has 2 atom stereocenters. The lowest BCUT2D eigenvalue weighted by atomic mass is 9.76. The largest absolute Gasteiger partial charge is 1.00 e. The third kappa shape index (κ3) is 3.58. The summed E-state index contributed by atoms with van der Waals surface area (Å²) >= 11 is 3.33. The van der Waals surface area contributed by atoms with Crippen molar-refractivity contribution < 1.29 is 38.3 Å². The highest BCUT2D eigenvalue weighted by molar-refractivity contribution is 7.11. The number of piperidine rings is 1. The number of nitrogens with zero attached hydrogens (tertiary/aromatic N) is 1. The minimum absolute atomic E-state index is 0. The lowest BCUT2D eigenvalue weighted by Gasteiger charge is -2.53. The van der Waals surface area contributed by atoms with E-state index < -0.39 is 5.60 Å². The predicted molar refractivity (Wildman–Crippen MR) is 99.5 cm³/mol. The summed E-state index contributed by atoms with van der Waals surface area (Å²) in [4.78, 5) is 2.15. The summed E-state index contributed by atoms with van der Waals surface area (Å²) in [6.07, 6.45) is 3.10. The SMILES string of the molecule is C[N+]1(C)C2COCC1CC(CC(O)(c1cccs1)c1cccs1)C2.[I-]. The minimum atomic E-state index is -0.837. The van der Waals surface area contributed by atoms with Crippen LogP contribution >= 0.6 is 22.7 Å². The highest BCUT2D eigenvalue weighted by Crippen LogP contribution is 2.45. The van der Waals surface area contributed by atoms with Gasteiger partial charge in [0.1, 0.15) is 17.7 Å². The maximum absolute atomic E-state index is 11.7. The molecular weight excluding hydrogens is 465 g/mol. The molecule has 2 aliphatic rings. The van der Waals surface area contributed by atoms with Crippen LogP contribution in [0.5, 0.6) is 0 Å². The van der Waals surface area contributed by atoms with Crippen molar-refractivity contribution in [2.24, 2.45) is 5.92 Å². The number of rotatable bonds is 4. The van der Waals surface area contributed by atoms with Crippen LogP contribution in [-0.4, -0.2) is 49.0 Å². The fourth-order valence-corrected chi connectivity index (χ4v) is 6.27. The summed E-state index contributed by atoms with van der Waals surface area (Å²) in [5.41, 5.74) is -0.837. The maximum atomic E-state index is 11.7. The van der Waals surface area contributed by atoms with Gasteiger partial charge in [-0.2, -0.15) is 0 Å². The molecule has 138 valence electrons. The zero-order chi connectivity index (χ0) is 16.8. The van der Waals surface area contributed by atoms with E-state index >= 15 is 0 Å². The molecule has 4 rings (SSSR count). The second-order valence-corrected chi connectivity index (χ2v) is 9.73. The van der Waals surface area contributed by atoms with Gasteiger partial charge in [0.25, 0.3) is 0 Å². The second kappa shape index (κ2) is 7.56. The van der Waals surface area contributed by atoms with E-state index in [4.69, 9.17) is 4.74 Å². The van der Waals surface area contributed by atoms with Crippen molar-refractivity contribution in [3.8, 4) is 0 Å². The summed E-state index contributed by atoms with van der Waals surface area (Å²) in [6, 6.07) is 9.36. The second-order valence-electron chi connectivity index (χ2n) is 7.83. The Morgan fingerprint density at radius 2 is 1.60 bits per heavy atom. The molecule has 0 amide bonds. The first-order valence-electron chi connectivity index (χ1n) is 8.71. The molecule has 4 heterocycles. The minimum Gasteiger partial charge on any atom is -1.00 e. The van der Waals surface area contributed by atoms with Crippen LogP contribution in [-0.2, 0) is 10.3 Å². The van der Waals surface area contributed by atoms with Gasteiger partial charge in [0.15, 0.2) is 0 Å². The monoisotopic (exact) mass is 491 g/mol. The number of likely N-dealkylation sites (N-methyl/N-ethyl adjacent to an activating group) is 1. The van der Waals surface area contributed by atoms with Crippen molar-refractivity contribution in [1.82, 2.24) is 0 Å². The Hall–Kier alpha value is 0.01000. The van der Waals surface area contributed by atoms with E-state index in [1.165, 1.54) is 0 Å². The molecule has 2 aliphatic heterocycles. The Morgan fingerprint density at radius 1 is 1.08 bits per heavy atom. The molecule has 0 spiro atoms. The van der Waals surface area contributed by atoms with Crippen LogP contribution in [0.3, 0.4) is 0 Å². The standard InChI is InChI=1S/C19H26NO2S2.HI/c1-20(2)15-9-14(10-16(20)13-22-12-15)11-19(21,17-5-3-7-23-17)18-6-4-8-24-18;/h3-8,14-16,21H,9-13H2,1-2H3;1H/q+1;/p-1. The first kappa shape index (κ1) is 19.8. The van der Waals surface area contributed by atoms with Gasteiger partial charge in [-0.05, 0) is 35.2 Å². The molecule has 2 aromatic rings. The molecule has 2 saturated heterocycles. The van der Waals surface area contributed by atoms with Crippen LogP contribution in [0.25, 0.3) is 0 Å². The van der Waals surface area contributed by atoms with Gasteiger partial charge >= 0.3 is 0 Å². The Morgan fingerprint density at radius 3 is 2.04 bits per heavy atom. The number of thiophene rings is 2. The molecule has 2 fully saturated rings. The van der Waals surface area contributed by atoms with Crippen LogP contribution < -0.4 is 24.0 Å². The lowest BCUT2D eigenvalue weighted by molar-refractivity contribution is -0.953. The van der Waals surface area contributed by atoms with Gasteiger partial charge in [-0.1, -0.05) is 12.1 Å². The van der Waals surface area contributed by atoms with Gasteiger partial charge < -0.3 is 38.3 Å². The first-order chi connectivity index (χ1) is 11.5. The van der Waals surface area contributed by atoms with E-state index in [9.17, 15) is 5.11 Å². The summed E-state index contributed by atoms with van der Waals surface area (Å²) in [5, 5.41) is 15.8. The highest BCUT2D eigenvalue weighted by atomic mass is 127. The highest BCUT2D eigenvalue weighted by Gasteiger charge is 2.49. The number of aliphatic hydroxyl groups is 1. The molecule has 2 bridgehead atoms. The van der Waals surface area contributed by atoms with E-state index in [-0.39, 0.29) is 24.0 Å². The number of morpholine rings is 1. The molecule has 1 N–H and O–H groups in total. The number of fused-ring (bicyclic) bond motifs is 2. The summed E-state index contributed by atoms with van der Waals surface area (Å²) in [5.74, 6) is 0.546. The van der Waals surface area contributed by atoms with Gasteiger partial charge in [-0.3, -0.25) is 0 Å². The third-order valence-corrected chi connectivity index (χ3v) is 8.20. The first-order valence-corrected chi connectivity index (χ1v) is 10.5. The number of hydrogen-bond acceptors (Lipinski definition) is 4. The number of hydrogen-bond donors (Lipinski definition) is 1. The molecule has 2 unspecified atom stereocenters. The van der Waals surface area contributed by atoms with Gasteiger partial charge in [0.2, 0.25) is 0 Å². The van der Waals surface area contributed by atoms with Gasteiger partial charge in [-0.15, -0.1) is 22.7 Å². The maximum Gasteiger partial charge on any atom is 0.133 e. The number of quaternary nitrogens is 1. The van der Waals surface area contributed by atoms with Crippen LogP contribution in [0.4, 0.5) is 0 Å². The normalized spacial score (nSPS) is 28.4. The quantitative estimate of drug-likeness (QED) is 0.504. The van der Waals surface area contributed by atoms with E-state index in [0.29, 0.717) is 18.0 Å². The van der Waals surface area contributed by atoms with Crippen molar-refractivity contribution >= 4 is 22.7 Å². The van der Waals surface area contributed by atoms with E-state index in [1.54, 1.807) is 22.7 Å². The Bertz CT molecular complexity index is 621. The topological polar surface area (TPSA) is 29.5 Å². The number of halogens is 1. The van der Waals surface area contributed by atoms with Crippen molar-refractivity contribution in [2.45, 2.75) is 36.9 Å². The van der Waals surface area contributed by atoms with E-state index in [2.05, 4.69) is 37.0 Å². The van der Waals surface area contributed by atoms with E-state index in [1.807, 2.05) is 12.1 Å².